The third-order valence-corrected chi connectivity index (χ3v) is 1.65. The first kappa shape index (κ1) is 10.1. The van der Waals surface area contributed by atoms with Crippen LogP contribution in [0.4, 0.5) is 5.69 Å². The van der Waals surface area contributed by atoms with Gasteiger partial charge < -0.3 is 4.84 Å². The fourth-order valence-corrected chi connectivity index (χ4v) is 1.03. The van der Waals surface area contributed by atoms with Crippen LogP contribution in [0.3, 0.4) is 0 Å². The monoisotopic (exact) mass is 190 g/mol. The van der Waals surface area contributed by atoms with Crippen molar-refractivity contribution in [1.29, 1.82) is 0 Å². The second-order valence-corrected chi connectivity index (χ2v) is 2.60. The molecular formula is C9H10N4O. The minimum Gasteiger partial charge on any atom is -0.399 e. The molecule has 0 radical (unpaired) electrons. The van der Waals surface area contributed by atoms with Crippen molar-refractivity contribution >= 4 is 11.4 Å². The van der Waals surface area contributed by atoms with Crippen LogP contribution in [0.15, 0.2) is 34.5 Å². The number of hydrogen-bond donors (Lipinski definition) is 0. The average molecular weight is 190 g/mol. The van der Waals surface area contributed by atoms with Crippen molar-refractivity contribution in [1.82, 2.24) is 0 Å². The van der Waals surface area contributed by atoms with Crippen LogP contribution < -0.4 is 0 Å². The molecule has 0 saturated heterocycles. The first-order chi connectivity index (χ1) is 6.77. The summed E-state index contributed by atoms with van der Waals surface area (Å²) in [7, 11) is 1.49. The van der Waals surface area contributed by atoms with Crippen molar-refractivity contribution in [3.05, 3.63) is 40.3 Å². The molecule has 14 heavy (non-hydrogen) atoms. The maximum absolute atomic E-state index is 8.26. The van der Waals surface area contributed by atoms with Crippen LogP contribution >= 0.6 is 0 Å². The van der Waals surface area contributed by atoms with Crippen LogP contribution in [-0.2, 0) is 4.84 Å². The summed E-state index contributed by atoms with van der Waals surface area (Å²) in [5, 5.41) is 7.27. The van der Waals surface area contributed by atoms with Gasteiger partial charge in [-0.05, 0) is 24.1 Å². The van der Waals surface area contributed by atoms with Gasteiger partial charge in [0.1, 0.15) is 7.11 Å². The zero-order valence-corrected chi connectivity index (χ0v) is 8.01. The molecule has 0 saturated carbocycles. The first-order valence-electron chi connectivity index (χ1n) is 4.01. The highest BCUT2D eigenvalue weighted by Gasteiger charge is 1.98. The van der Waals surface area contributed by atoms with E-state index in [1.54, 1.807) is 18.2 Å². The van der Waals surface area contributed by atoms with E-state index in [1.165, 1.54) is 7.11 Å². The number of benzene rings is 1. The summed E-state index contributed by atoms with van der Waals surface area (Å²) in [4.78, 5) is 7.35. The Kier molecular flexibility index (Phi) is 3.52. The van der Waals surface area contributed by atoms with Gasteiger partial charge in [-0.1, -0.05) is 28.5 Å². The molecule has 0 amide bonds. The van der Waals surface area contributed by atoms with Gasteiger partial charge in [0.2, 0.25) is 0 Å². The highest BCUT2D eigenvalue weighted by molar-refractivity contribution is 5.98. The van der Waals surface area contributed by atoms with Crippen molar-refractivity contribution in [3.63, 3.8) is 0 Å². The fraction of sp³-hybridized carbons (Fsp3) is 0.222. The molecule has 0 spiro atoms. The predicted molar refractivity (Wildman–Crippen MR) is 54.5 cm³/mol. The number of hydrogen-bond acceptors (Lipinski definition) is 3. The lowest BCUT2D eigenvalue weighted by molar-refractivity contribution is 0.213. The Labute approximate surface area is 81.6 Å². The maximum atomic E-state index is 8.26. The Morgan fingerprint density at radius 1 is 1.50 bits per heavy atom. The van der Waals surface area contributed by atoms with E-state index < -0.39 is 0 Å². The van der Waals surface area contributed by atoms with Crippen molar-refractivity contribution < 1.29 is 4.84 Å². The maximum Gasteiger partial charge on any atom is 0.106 e. The standard InChI is InChI=1S/C9H10N4O/c1-7(12-14-2)8-4-3-5-9(6-8)11-13-10/h3-6H,1-2H3/b12-7+. The van der Waals surface area contributed by atoms with E-state index in [1.807, 2.05) is 13.0 Å². The molecule has 0 bridgehead atoms. The van der Waals surface area contributed by atoms with E-state index in [0.717, 1.165) is 11.3 Å². The quantitative estimate of drug-likeness (QED) is 0.237. The number of rotatable bonds is 3. The predicted octanol–water partition coefficient (Wildman–Crippen LogP) is 3.00. The molecule has 5 nitrogen and oxygen atoms in total. The molecule has 0 heterocycles. The lowest BCUT2D eigenvalue weighted by Crippen LogP contribution is -1.94. The average Bonchev–Trinajstić information content (AvgIpc) is 2.19. The summed E-state index contributed by atoms with van der Waals surface area (Å²) in [6.07, 6.45) is 0. The number of oxime groups is 1. The minimum atomic E-state index is 0.565. The van der Waals surface area contributed by atoms with Gasteiger partial charge in [-0.2, -0.15) is 0 Å². The highest BCUT2D eigenvalue weighted by Crippen LogP contribution is 2.14. The van der Waals surface area contributed by atoms with Crippen molar-refractivity contribution in [2.24, 2.45) is 10.3 Å². The third kappa shape index (κ3) is 2.50. The van der Waals surface area contributed by atoms with Crippen molar-refractivity contribution in [3.8, 4) is 0 Å². The molecule has 1 rings (SSSR count). The van der Waals surface area contributed by atoms with Gasteiger partial charge in [-0.25, -0.2) is 0 Å². The Balaban J connectivity index is 3.05. The van der Waals surface area contributed by atoms with E-state index >= 15 is 0 Å². The number of nitrogens with zero attached hydrogens (tertiary/aromatic N) is 4. The summed E-state index contributed by atoms with van der Waals surface area (Å²) >= 11 is 0. The molecule has 5 heteroatoms. The molecule has 0 unspecified atom stereocenters. The molecule has 0 aliphatic heterocycles. The highest BCUT2D eigenvalue weighted by atomic mass is 16.6. The van der Waals surface area contributed by atoms with Crippen LogP contribution in [0.5, 0.6) is 0 Å². The Morgan fingerprint density at radius 2 is 2.29 bits per heavy atom. The summed E-state index contributed by atoms with van der Waals surface area (Å²) < 4.78 is 0. The second-order valence-electron chi connectivity index (χ2n) is 2.60. The minimum absolute atomic E-state index is 0.565. The Hall–Kier alpha value is -2.00. The SMILES string of the molecule is CO/N=C(\C)c1cccc(N=[N+]=[N-])c1. The fourth-order valence-electron chi connectivity index (χ4n) is 1.03. The Bertz CT molecular complexity index is 394. The molecule has 0 aliphatic rings. The summed E-state index contributed by atoms with van der Waals surface area (Å²) in [5.41, 5.74) is 10.4. The van der Waals surface area contributed by atoms with Crippen LogP contribution in [-0.4, -0.2) is 12.8 Å². The molecule has 0 aliphatic carbocycles. The normalized spacial score (nSPS) is 10.6. The largest absolute Gasteiger partial charge is 0.399 e. The molecule has 72 valence electrons. The molecule has 0 fully saturated rings. The van der Waals surface area contributed by atoms with E-state index in [2.05, 4.69) is 20.0 Å². The van der Waals surface area contributed by atoms with Gasteiger partial charge in [-0.15, -0.1) is 0 Å². The van der Waals surface area contributed by atoms with Gasteiger partial charge in [0.25, 0.3) is 0 Å². The van der Waals surface area contributed by atoms with Crippen molar-refractivity contribution in [2.45, 2.75) is 6.92 Å². The lowest BCUT2D eigenvalue weighted by Gasteiger charge is -2.00. The lowest BCUT2D eigenvalue weighted by atomic mass is 10.1. The first-order valence-corrected chi connectivity index (χ1v) is 4.01. The summed E-state index contributed by atoms with van der Waals surface area (Å²) in [5.74, 6) is 0. The molecule has 1 aromatic rings. The van der Waals surface area contributed by atoms with E-state index in [0.29, 0.717) is 5.69 Å². The van der Waals surface area contributed by atoms with E-state index in [9.17, 15) is 0 Å². The van der Waals surface area contributed by atoms with Crippen LogP contribution in [0.1, 0.15) is 12.5 Å². The number of azide groups is 1. The van der Waals surface area contributed by atoms with Gasteiger partial charge in [0.05, 0.1) is 5.71 Å². The van der Waals surface area contributed by atoms with Crippen LogP contribution in [0.25, 0.3) is 10.4 Å². The zero-order valence-electron chi connectivity index (χ0n) is 8.01. The summed E-state index contributed by atoms with van der Waals surface area (Å²) in [6, 6.07) is 7.14. The molecular weight excluding hydrogens is 180 g/mol. The Morgan fingerprint density at radius 3 is 2.93 bits per heavy atom. The topological polar surface area (TPSA) is 70.4 Å². The smallest absolute Gasteiger partial charge is 0.106 e. The van der Waals surface area contributed by atoms with E-state index in [4.69, 9.17) is 5.53 Å². The molecule has 0 N–H and O–H groups in total. The van der Waals surface area contributed by atoms with Gasteiger partial charge >= 0.3 is 0 Å². The zero-order chi connectivity index (χ0) is 10.4. The summed E-state index contributed by atoms with van der Waals surface area (Å²) in [6.45, 7) is 1.82. The van der Waals surface area contributed by atoms with Crippen molar-refractivity contribution in [2.75, 3.05) is 7.11 Å². The van der Waals surface area contributed by atoms with Gasteiger partial charge in [-0.3, -0.25) is 0 Å². The van der Waals surface area contributed by atoms with Crippen LogP contribution in [0.2, 0.25) is 0 Å². The third-order valence-electron chi connectivity index (χ3n) is 1.65. The molecule has 0 aromatic heterocycles. The molecule has 1 aromatic carbocycles. The van der Waals surface area contributed by atoms with Crippen LogP contribution in [0, 0.1) is 0 Å². The molecule has 0 atom stereocenters. The van der Waals surface area contributed by atoms with Gasteiger partial charge in [0.15, 0.2) is 0 Å². The van der Waals surface area contributed by atoms with Gasteiger partial charge in [0, 0.05) is 10.6 Å². The second kappa shape index (κ2) is 4.89. The van der Waals surface area contributed by atoms with E-state index in [-0.39, 0.29) is 0 Å².